The van der Waals surface area contributed by atoms with E-state index in [-0.39, 0.29) is 18.0 Å². The molecule has 0 aliphatic rings. The molecular weight excluding hydrogens is 295 g/mol. The molecule has 0 heterocycles. The summed E-state index contributed by atoms with van der Waals surface area (Å²) in [6, 6.07) is 5.91. The lowest BCUT2D eigenvalue weighted by molar-refractivity contribution is 0.347. The molecule has 3 N–H and O–H groups in total. The third kappa shape index (κ3) is 5.82. The first-order valence-corrected chi connectivity index (χ1v) is 7.91. The van der Waals surface area contributed by atoms with Gasteiger partial charge < -0.3 is 10.5 Å². The monoisotopic (exact) mass is 316 g/mol. The van der Waals surface area contributed by atoms with E-state index in [0.29, 0.717) is 17.7 Å². The van der Waals surface area contributed by atoms with Crippen molar-refractivity contribution in [3.8, 4) is 5.75 Å². The smallest absolute Gasteiger partial charge is 0.241 e. The van der Waals surface area contributed by atoms with Crippen LogP contribution in [0.3, 0.4) is 0 Å². The molecule has 0 unspecified atom stereocenters. The van der Waals surface area contributed by atoms with Crippen molar-refractivity contribution in [1.29, 1.82) is 0 Å². The third-order valence-corrected chi connectivity index (χ3v) is 4.19. The highest BCUT2D eigenvalue weighted by atomic mass is 32.2. The predicted molar refractivity (Wildman–Crippen MR) is 80.3 cm³/mol. The second kappa shape index (κ2) is 7.02. The number of nitrogens with two attached hydrogens (primary N) is 1. The van der Waals surface area contributed by atoms with Crippen molar-refractivity contribution in [2.24, 2.45) is 5.73 Å². The predicted octanol–water partition coefficient (Wildman–Crippen LogP) is 1.95. The molecule has 0 aliphatic heterocycles. The normalized spacial score (nSPS) is 13.3. The van der Waals surface area contributed by atoms with Crippen LogP contribution in [-0.2, 0) is 10.0 Å². The molecule has 0 aromatic heterocycles. The van der Waals surface area contributed by atoms with E-state index in [1.54, 1.807) is 20.8 Å². The van der Waals surface area contributed by atoms with E-state index in [4.69, 9.17) is 10.5 Å². The van der Waals surface area contributed by atoms with E-state index in [9.17, 15) is 12.8 Å². The van der Waals surface area contributed by atoms with E-state index >= 15 is 0 Å². The van der Waals surface area contributed by atoms with Crippen LogP contribution < -0.4 is 15.2 Å². The van der Waals surface area contributed by atoms with Crippen molar-refractivity contribution in [1.82, 2.24) is 4.72 Å². The van der Waals surface area contributed by atoms with Crippen LogP contribution >= 0.6 is 0 Å². The van der Waals surface area contributed by atoms with E-state index in [1.807, 2.05) is 0 Å². The lowest BCUT2D eigenvalue weighted by Crippen LogP contribution is -2.40. The zero-order valence-electron chi connectivity index (χ0n) is 12.4. The van der Waals surface area contributed by atoms with E-state index in [0.717, 1.165) is 0 Å². The summed E-state index contributed by atoms with van der Waals surface area (Å²) in [4.78, 5) is 0.143. The van der Waals surface area contributed by atoms with Gasteiger partial charge in [0.15, 0.2) is 0 Å². The van der Waals surface area contributed by atoms with Crippen LogP contribution in [-0.4, -0.2) is 27.1 Å². The topological polar surface area (TPSA) is 81.4 Å². The maximum Gasteiger partial charge on any atom is 0.241 e. The number of rotatable bonds is 6. The van der Waals surface area contributed by atoms with Crippen molar-refractivity contribution < 1.29 is 17.5 Å². The molecule has 1 rings (SSSR count). The molecule has 5 nitrogen and oxygen atoms in total. The maximum atomic E-state index is 12.3. The second-order valence-corrected chi connectivity index (χ2v) is 7.27. The van der Waals surface area contributed by atoms with Crippen LogP contribution in [0.15, 0.2) is 41.1 Å². The summed E-state index contributed by atoms with van der Waals surface area (Å²) < 4.78 is 44.4. The van der Waals surface area contributed by atoms with Crippen LogP contribution in [0.25, 0.3) is 0 Å². The Labute approximate surface area is 125 Å². The van der Waals surface area contributed by atoms with Crippen molar-refractivity contribution in [3.05, 3.63) is 36.2 Å². The molecule has 21 heavy (non-hydrogen) atoms. The Morgan fingerprint density at radius 2 is 1.90 bits per heavy atom. The minimum Gasteiger partial charge on any atom is -0.489 e. The fraction of sp³-hybridized carbons (Fsp3) is 0.429. The molecule has 0 bridgehead atoms. The number of hydrogen-bond donors (Lipinski definition) is 2. The minimum absolute atomic E-state index is 0.0271. The number of hydrogen-bond acceptors (Lipinski definition) is 4. The van der Waals surface area contributed by atoms with Gasteiger partial charge >= 0.3 is 0 Å². The molecular formula is C14H21FN2O3S. The molecule has 0 saturated carbocycles. The minimum atomic E-state index is -3.57. The average molecular weight is 316 g/mol. The first kappa shape index (κ1) is 17.6. The summed E-state index contributed by atoms with van der Waals surface area (Å²) in [5, 5.41) is 0. The molecule has 0 aliphatic carbocycles. The van der Waals surface area contributed by atoms with Crippen molar-refractivity contribution >= 4 is 10.0 Å². The molecule has 0 radical (unpaired) electrons. The second-order valence-electron chi connectivity index (χ2n) is 5.59. The SMILES string of the molecule is CC(C)(C)NS(=O)(=O)c1ccc(OC/C(=C\F)CN)cc1. The summed E-state index contributed by atoms with van der Waals surface area (Å²) in [7, 11) is -3.57. The van der Waals surface area contributed by atoms with E-state index in [1.165, 1.54) is 24.3 Å². The molecule has 0 amide bonds. The van der Waals surface area contributed by atoms with Gasteiger partial charge in [0.1, 0.15) is 12.4 Å². The molecule has 1 aromatic carbocycles. The average Bonchev–Trinajstić information content (AvgIpc) is 2.38. The Bertz CT molecular complexity index is 590. The van der Waals surface area contributed by atoms with Crippen LogP contribution in [0.2, 0.25) is 0 Å². The van der Waals surface area contributed by atoms with Gasteiger partial charge in [-0.05, 0) is 45.0 Å². The zero-order chi connectivity index (χ0) is 16.1. The van der Waals surface area contributed by atoms with Crippen molar-refractivity contribution in [2.75, 3.05) is 13.2 Å². The zero-order valence-corrected chi connectivity index (χ0v) is 13.2. The Morgan fingerprint density at radius 1 is 1.33 bits per heavy atom. The molecule has 0 spiro atoms. The van der Waals surface area contributed by atoms with E-state index < -0.39 is 15.6 Å². The highest BCUT2D eigenvalue weighted by Gasteiger charge is 2.21. The van der Waals surface area contributed by atoms with Gasteiger partial charge in [-0.1, -0.05) is 0 Å². The van der Waals surface area contributed by atoms with Crippen LogP contribution in [0.4, 0.5) is 4.39 Å². The first-order chi connectivity index (χ1) is 9.68. The number of nitrogens with one attached hydrogen (secondary N) is 1. The van der Waals surface area contributed by atoms with Gasteiger partial charge in [-0.2, -0.15) is 0 Å². The summed E-state index contributed by atoms with van der Waals surface area (Å²) in [5.74, 6) is 0.442. The fourth-order valence-electron chi connectivity index (χ4n) is 1.49. The summed E-state index contributed by atoms with van der Waals surface area (Å²) in [6.45, 7) is 5.39. The molecule has 118 valence electrons. The van der Waals surface area contributed by atoms with Gasteiger partial charge in [0.25, 0.3) is 0 Å². The molecule has 1 aromatic rings. The van der Waals surface area contributed by atoms with Crippen LogP contribution in [0.1, 0.15) is 20.8 Å². The molecule has 0 atom stereocenters. The number of benzene rings is 1. The van der Waals surface area contributed by atoms with Gasteiger partial charge in [-0.25, -0.2) is 17.5 Å². The lowest BCUT2D eigenvalue weighted by atomic mass is 10.1. The Morgan fingerprint density at radius 3 is 2.33 bits per heavy atom. The standard InChI is InChI=1S/C14H21FN2O3S/c1-14(2,3)17-21(18,19)13-6-4-12(5-7-13)20-10-11(8-15)9-16/h4-8,17H,9-10,16H2,1-3H3/b11-8-. The largest absolute Gasteiger partial charge is 0.489 e. The van der Waals surface area contributed by atoms with Crippen molar-refractivity contribution in [2.45, 2.75) is 31.2 Å². The molecule has 0 fully saturated rings. The fourth-order valence-corrected chi connectivity index (χ4v) is 2.91. The Kier molecular flexibility index (Phi) is 5.88. The number of ether oxygens (including phenoxy) is 1. The number of sulfonamides is 1. The molecule has 0 saturated heterocycles. The third-order valence-electron chi connectivity index (χ3n) is 2.42. The summed E-state index contributed by atoms with van der Waals surface area (Å²) in [5.41, 5.74) is 5.07. The molecule has 7 heteroatoms. The van der Waals surface area contributed by atoms with Gasteiger partial charge in [0.05, 0.1) is 11.2 Å². The van der Waals surface area contributed by atoms with Crippen LogP contribution in [0, 0.1) is 0 Å². The first-order valence-electron chi connectivity index (χ1n) is 6.43. The van der Waals surface area contributed by atoms with Gasteiger partial charge in [0, 0.05) is 17.7 Å². The van der Waals surface area contributed by atoms with Gasteiger partial charge in [-0.3, -0.25) is 0 Å². The highest BCUT2D eigenvalue weighted by Crippen LogP contribution is 2.18. The Hall–Kier alpha value is -1.44. The van der Waals surface area contributed by atoms with Gasteiger partial charge in [-0.15, -0.1) is 0 Å². The quantitative estimate of drug-likeness (QED) is 0.840. The lowest BCUT2D eigenvalue weighted by Gasteiger charge is -2.20. The van der Waals surface area contributed by atoms with Crippen molar-refractivity contribution in [3.63, 3.8) is 0 Å². The summed E-state index contributed by atoms with van der Waals surface area (Å²) in [6.07, 6.45) is 0.409. The number of halogens is 1. The van der Waals surface area contributed by atoms with Gasteiger partial charge in [0.2, 0.25) is 10.0 Å². The van der Waals surface area contributed by atoms with Crippen LogP contribution in [0.5, 0.6) is 5.75 Å². The van der Waals surface area contributed by atoms with E-state index in [2.05, 4.69) is 4.72 Å². The summed E-state index contributed by atoms with van der Waals surface area (Å²) >= 11 is 0. The maximum absolute atomic E-state index is 12.3. The Balaban J connectivity index is 2.79. The highest BCUT2D eigenvalue weighted by molar-refractivity contribution is 7.89.